The Bertz CT molecular complexity index is 475. The van der Waals surface area contributed by atoms with Gasteiger partial charge in [-0.2, -0.15) is 0 Å². The molecule has 0 aromatic heterocycles. The Kier molecular flexibility index (Phi) is 5.08. The van der Waals surface area contributed by atoms with E-state index in [2.05, 4.69) is 20.7 Å². The van der Waals surface area contributed by atoms with Gasteiger partial charge in [0.1, 0.15) is 5.75 Å². The minimum Gasteiger partial charge on any atom is -0.496 e. The molecule has 0 aliphatic carbocycles. The SMILES string of the molecule is COC(=O)Cc1cc([N+](=O)[O-])c(CBr)cc1OC. The molecule has 1 aromatic rings. The lowest BCUT2D eigenvalue weighted by Crippen LogP contribution is -2.07. The Labute approximate surface area is 112 Å². The molecule has 0 bridgehead atoms. The normalized spacial score (nSPS) is 9.94. The lowest BCUT2D eigenvalue weighted by molar-refractivity contribution is -0.385. The third-order valence-electron chi connectivity index (χ3n) is 2.38. The molecule has 98 valence electrons. The fourth-order valence-electron chi connectivity index (χ4n) is 1.49. The highest BCUT2D eigenvalue weighted by Gasteiger charge is 2.19. The van der Waals surface area contributed by atoms with Gasteiger partial charge in [0.15, 0.2) is 0 Å². The monoisotopic (exact) mass is 317 g/mol. The first-order chi connectivity index (χ1) is 8.53. The number of hydrogen-bond donors (Lipinski definition) is 0. The Morgan fingerprint density at radius 1 is 1.39 bits per heavy atom. The van der Waals surface area contributed by atoms with Crippen molar-refractivity contribution in [1.82, 2.24) is 0 Å². The van der Waals surface area contributed by atoms with Crippen LogP contribution in [0, 0.1) is 10.1 Å². The third kappa shape index (κ3) is 3.19. The third-order valence-corrected chi connectivity index (χ3v) is 2.99. The van der Waals surface area contributed by atoms with Crippen LogP contribution in [0.25, 0.3) is 0 Å². The summed E-state index contributed by atoms with van der Waals surface area (Å²) in [6.07, 6.45) is -0.0664. The number of carbonyl (C=O) groups is 1. The summed E-state index contributed by atoms with van der Waals surface area (Å²) in [5.41, 5.74) is 0.873. The Balaban J connectivity index is 3.27. The van der Waals surface area contributed by atoms with Crippen molar-refractivity contribution in [3.05, 3.63) is 33.4 Å². The lowest BCUT2D eigenvalue weighted by atomic mass is 10.1. The first-order valence-electron chi connectivity index (χ1n) is 5.00. The van der Waals surface area contributed by atoms with Gasteiger partial charge in [-0.05, 0) is 6.07 Å². The van der Waals surface area contributed by atoms with Crippen LogP contribution in [0.15, 0.2) is 12.1 Å². The minimum absolute atomic E-state index is 0.0495. The number of nitro benzene ring substituents is 1. The highest BCUT2D eigenvalue weighted by Crippen LogP contribution is 2.30. The van der Waals surface area contributed by atoms with Gasteiger partial charge in [0.25, 0.3) is 5.69 Å². The van der Waals surface area contributed by atoms with Crippen LogP contribution in [0.2, 0.25) is 0 Å². The van der Waals surface area contributed by atoms with Crippen molar-refractivity contribution in [3.8, 4) is 5.75 Å². The van der Waals surface area contributed by atoms with Gasteiger partial charge in [-0.3, -0.25) is 14.9 Å². The number of nitrogens with zero attached hydrogens (tertiary/aromatic N) is 1. The average molecular weight is 318 g/mol. The van der Waals surface area contributed by atoms with E-state index in [4.69, 9.17) is 4.74 Å². The second-order valence-corrected chi connectivity index (χ2v) is 4.00. The molecule has 0 radical (unpaired) electrons. The van der Waals surface area contributed by atoms with Crippen LogP contribution in [0.4, 0.5) is 5.69 Å². The number of methoxy groups -OCH3 is 2. The van der Waals surface area contributed by atoms with E-state index < -0.39 is 10.9 Å². The van der Waals surface area contributed by atoms with Crippen molar-refractivity contribution >= 4 is 27.6 Å². The average Bonchev–Trinajstić information content (AvgIpc) is 2.37. The van der Waals surface area contributed by atoms with Gasteiger partial charge >= 0.3 is 5.97 Å². The Hall–Kier alpha value is -1.63. The van der Waals surface area contributed by atoms with Crippen molar-refractivity contribution in [2.45, 2.75) is 11.8 Å². The number of esters is 1. The van der Waals surface area contributed by atoms with E-state index in [1.54, 1.807) is 6.07 Å². The summed E-state index contributed by atoms with van der Waals surface area (Å²) in [5, 5.41) is 11.2. The van der Waals surface area contributed by atoms with Crippen LogP contribution in [-0.4, -0.2) is 25.1 Å². The second kappa shape index (κ2) is 6.34. The molecule has 0 atom stereocenters. The summed E-state index contributed by atoms with van der Waals surface area (Å²) in [6.45, 7) is 0. The predicted octanol–water partition coefficient (Wildman–Crippen LogP) is 2.21. The Morgan fingerprint density at radius 2 is 2.06 bits per heavy atom. The van der Waals surface area contributed by atoms with Crippen molar-refractivity contribution in [3.63, 3.8) is 0 Å². The zero-order valence-electron chi connectivity index (χ0n) is 9.94. The highest BCUT2D eigenvalue weighted by atomic mass is 79.9. The smallest absolute Gasteiger partial charge is 0.310 e. The van der Waals surface area contributed by atoms with Gasteiger partial charge in [0, 0.05) is 22.5 Å². The van der Waals surface area contributed by atoms with Gasteiger partial charge in [-0.15, -0.1) is 0 Å². The fourth-order valence-corrected chi connectivity index (χ4v) is 1.94. The molecule has 0 fully saturated rings. The fraction of sp³-hybridized carbons (Fsp3) is 0.364. The van der Waals surface area contributed by atoms with E-state index in [1.165, 1.54) is 20.3 Å². The number of benzene rings is 1. The molecule has 0 aliphatic heterocycles. The minimum atomic E-state index is -0.489. The van der Waals surface area contributed by atoms with Crippen molar-refractivity contribution in [2.24, 2.45) is 0 Å². The topological polar surface area (TPSA) is 78.7 Å². The molecule has 0 spiro atoms. The van der Waals surface area contributed by atoms with Crippen LogP contribution >= 0.6 is 15.9 Å². The molecule has 7 heteroatoms. The molecule has 1 rings (SSSR count). The molecule has 1 aromatic carbocycles. The number of hydrogen-bond acceptors (Lipinski definition) is 5. The lowest BCUT2D eigenvalue weighted by Gasteiger charge is -2.09. The molecule has 0 heterocycles. The van der Waals surface area contributed by atoms with Crippen LogP contribution in [0.5, 0.6) is 5.75 Å². The standard InChI is InChI=1S/C11H12BrNO5/c1-17-10-4-8(6-12)9(13(15)16)3-7(10)5-11(14)18-2/h3-4H,5-6H2,1-2H3. The molecule has 0 saturated heterocycles. The van der Waals surface area contributed by atoms with Gasteiger partial charge in [-0.1, -0.05) is 15.9 Å². The van der Waals surface area contributed by atoms with Crippen molar-refractivity contribution in [1.29, 1.82) is 0 Å². The first-order valence-corrected chi connectivity index (χ1v) is 6.12. The Morgan fingerprint density at radius 3 is 2.50 bits per heavy atom. The molecule has 0 amide bonds. The zero-order valence-corrected chi connectivity index (χ0v) is 11.5. The first kappa shape index (κ1) is 14.4. The van der Waals surface area contributed by atoms with Crippen molar-refractivity contribution < 1.29 is 19.2 Å². The number of nitro groups is 1. The molecule has 6 nitrogen and oxygen atoms in total. The summed E-state index contributed by atoms with van der Waals surface area (Å²) >= 11 is 3.18. The maximum atomic E-state index is 11.2. The largest absolute Gasteiger partial charge is 0.496 e. The summed E-state index contributed by atoms with van der Waals surface area (Å²) < 4.78 is 9.65. The van der Waals surface area contributed by atoms with E-state index >= 15 is 0 Å². The summed E-state index contributed by atoms with van der Waals surface area (Å²) in [4.78, 5) is 21.7. The number of rotatable bonds is 5. The summed E-state index contributed by atoms with van der Waals surface area (Å²) in [6, 6.07) is 2.89. The zero-order chi connectivity index (χ0) is 13.7. The molecule has 0 unspecified atom stereocenters. The molecule has 18 heavy (non-hydrogen) atoms. The van der Waals surface area contributed by atoms with Crippen LogP contribution < -0.4 is 4.74 Å². The number of ether oxygens (including phenoxy) is 2. The molecular weight excluding hydrogens is 306 g/mol. The van der Waals surface area contributed by atoms with Crippen LogP contribution in [-0.2, 0) is 21.3 Å². The molecule has 0 saturated carbocycles. The molecule has 0 N–H and O–H groups in total. The van der Waals surface area contributed by atoms with E-state index in [0.717, 1.165) is 0 Å². The second-order valence-electron chi connectivity index (χ2n) is 3.44. The predicted molar refractivity (Wildman–Crippen MR) is 68.0 cm³/mol. The van der Waals surface area contributed by atoms with Gasteiger partial charge in [-0.25, -0.2) is 0 Å². The maximum absolute atomic E-state index is 11.2. The van der Waals surface area contributed by atoms with E-state index in [0.29, 0.717) is 22.2 Å². The van der Waals surface area contributed by atoms with E-state index in [1.807, 2.05) is 0 Å². The van der Waals surface area contributed by atoms with Crippen LogP contribution in [0.3, 0.4) is 0 Å². The van der Waals surface area contributed by atoms with E-state index in [-0.39, 0.29) is 12.1 Å². The summed E-state index contributed by atoms with van der Waals surface area (Å²) in [7, 11) is 2.70. The van der Waals surface area contributed by atoms with Gasteiger partial charge in [0.05, 0.1) is 25.6 Å². The molecule has 0 aliphatic rings. The van der Waals surface area contributed by atoms with Crippen molar-refractivity contribution in [2.75, 3.05) is 14.2 Å². The molecular formula is C11H12BrNO5. The van der Waals surface area contributed by atoms with E-state index in [9.17, 15) is 14.9 Å². The van der Waals surface area contributed by atoms with Gasteiger partial charge < -0.3 is 9.47 Å². The number of carbonyl (C=O) groups excluding carboxylic acids is 1. The van der Waals surface area contributed by atoms with Gasteiger partial charge in [0.2, 0.25) is 0 Å². The van der Waals surface area contributed by atoms with Crippen LogP contribution in [0.1, 0.15) is 11.1 Å². The quantitative estimate of drug-likeness (QED) is 0.360. The summed E-state index contributed by atoms with van der Waals surface area (Å²) in [5.74, 6) is -0.0466. The maximum Gasteiger partial charge on any atom is 0.310 e. The number of alkyl halides is 1. The highest BCUT2D eigenvalue weighted by molar-refractivity contribution is 9.08. The number of halogens is 1.